The van der Waals surface area contributed by atoms with E-state index >= 15 is 0 Å². The van der Waals surface area contributed by atoms with E-state index < -0.39 is 10.0 Å². The fourth-order valence-electron chi connectivity index (χ4n) is 1.97. The molecule has 1 aromatic carbocycles. The Balaban J connectivity index is 2.10. The van der Waals surface area contributed by atoms with Crippen molar-refractivity contribution in [3.05, 3.63) is 29.3 Å². The first-order valence-electron chi connectivity index (χ1n) is 5.93. The average molecular weight is 270 g/mol. The van der Waals surface area contributed by atoms with Crippen molar-refractivity contribution in [3.8, 4) is 0 Å². The van der Waals surface area contributed by atoms with Gasteiger partial charge in [0.2, 0.25) is 10.0 Å². The standard InChI is InChI=1S/C12H18N2O3S/c1-17-6-7-18(15,16)14-12-3-2-10-4-5-13-9-11(10)8-12/h2-3,8,13-14H,4-7,9H2,1H3. The third-order valence-corrected chi connectivity index (χ3v) is 4.17. The first-order chi connectivity index (χ1) is 8.61. The Hall–Kier alpha value is -1.11. The summed E-state index contributed by atoms with van der Waals surface area (Å²) in [5, 5.41) is 3.27. The number of hydrogen-bond acceptors (Lipinski definition) is 4. The van der Waals surface area contributed by atoms with Crippen LogP contribution in [0.5, 0.6) is 0 Å². The number of hydrogen-bond donors (Lipinski definition) is 2. The predicted molar refractivity (Wildman–Crippen MR) is 71.1 cm³/mol. The fourth-order valence-corrected chi connectivity index (χ4v) is 2.94. The second-order valence-corrected chi connectivity index (χ2v) is 6.17. The number of methoxy groups -OCH3 is 1. The van der Waals surface area contributed by atoms with E-state index in [9.17, 15) is 8.42 Å². The molecule has 1 aliphatic rings. The Morgan fingerprint density at radius 1 is 1.39 bits per heavy atom. The lowest BCUT2D eigenvalue weighted by atomic mass is 10.0. The largest absolute Gasteiger partial charge is 0.384 e. The zero-order chi connectivity index (χ0) is 13.0. The average Bonchev–Trinajstić information content (AvgIpc) is 2.36. The quantitative estimate of drug-likeness (QED) is 0.827. The van der Waals surface area contributed by atoms with Gasteiger partial charge in [-0.25, -0.2) is 8.42 Å². The molecule has 18 heavy (non-hydrogen) atoms. The summed E-state index contributed by atoms with van der Waals surface area (Å²) in [6, 6.07) is 5.70. The molecule has 6 heteroatoms. The maximum Gasteiger partial charge on any atom is 0.234 e. The third-order valence-electron chi connectivity index (χ3n) is 2.92. The molecule has 1 heterocycles. The van der Waals surface area contributed by atoms with Crippen molar-refractivity contribution in [1.29, 1.82) is 0 Å². The van der Waals surface area contributed by atoms with Gasteiger partial charge in [0.05, 0.1) is 12.4 Å². The van der Waals surface area contributed by atoms with Crippen molar-refractivity contribution in [2.75, 3.05) is 30.7 Å². The van der Waals surface area contributed by atoms with E-state index in [1.54, 1.807) is 0 Å². The first kappa shape index (κ1) is 13.3. The highest BCUT2D eigenvalue weighted by molar-refractivity contribution is 7.92. The summed E-state index contributed by atoms with van der Waals surface area (Å²) < 4.78 is 30.8. The summed E-state index contributed by atoms with van der Waals surface area (Å²) in [5.41, 5.74) is 3.07. The van der Waals surface area contributed by atoms with Crippen LogP contribution in [0.3, 0.4) is 0 Å². The number of benzene rings is 1. The molecule has 2 N–H and O–H groups in total. The summed E-state index contributed by atoms with van der Waals surface area (Å²) in [6.07, 6.45) is 0.992. The SMILES string of the molecule is COCCS(=O)(=O)Nc1ccc2c(c1)CNCC2. The van der Waals surface area contributed by atoms with E-state index in [0.717, 1.165) is 25.1 Å². The van der Waals surface area contributed by atoms with Gasteiger partial charge in [-0.2, -0.15) is 0 Å². The molecule has 0 aromatic heterocycles. The van der Waals surface area contributed by atoms with Gasteiger partial charge in [-0.3, -0.25) is 4.72 Å². The Morgan fingerprint density at radius 3 is 3.00 bits per heavy atom. The van der Waals surface area contributed by atoms with Gasteiger partial charge in [-0.1, -0.05) is 6.07 Å². The Bertz CT molecular complexity index is 514. The highest BCUT2D eigenvalue weighted by Crippen LogP contribution is 2.19. The van der Waals surface area contributed by atoms with E-state index in [-0.39, 0.29) is 12.4 Å². The lowest BCUT2D eigenvalue weighted by molar-refractivity contribution is 0.217. The van der Waals surface area contributed by atoms with Crippen molar-refractivity contribution in [2.24, 2.45) is 0 Å². The highest BCUT2D eigenvalue weighted by atomic mass is 32.2. The molecular formula is C12H18N2O3S. The smallest absolute Gasteiger partial charge is 0.234 e. The van der Waals surface area contributed by atoms with Gasteiger partial charge in [0, 0.05) is 19.3 Å². The van der Waals surface area contributed by atoms with E-state index in [2.05, 4.69) is 10.0 Å². The van der Waals surface area contributed by atoms with Gasteiger partial charge >= 0.3 is 0 Å². The molecule has 0 fully saturated rings. The van der Waals surface area contributed by atoms with Crippen LogP contribution in [0.1, 0.15) is 11.1 Å². The normalized spacial score (nSPS) is 15.2. The lowest BCUT2D eigenvalue weighted by Crippen LogP contribution is -2.24. The van der Waals surface area contributed by atoms with Crippen LogP contribution in [0.15, 0.2) is 18.2 Å². The first-order valence-corrected chi connectivity index (χ1v) is 7.58. The van der Waals surface area contributed by atoms with Crippen molar-refractivity contribution >= 4 is 15.7 Å². The van der Waals surface area contributed by atoms with E-state index in [1.165, 1.54) is 12.7 Å². The van der Waals surface area contributed by atoms with E-state index in [4.69, 9.17) is 4.74 Å². The molecule has 0 bridgehead atoms. The molecule has 2 rings (SSSR count). The van der Waals surface area contributed by atoms with Crippen LogP contribution in [0, 0.1) is 0 Å². The van der Waals surface area contributed by atoms with E-state index in [1.807, 2.05) is 18.2 Å². The minimum absolute atomic E-state index is 0.0289. The molecule has 0 saturated heterocycles. The van der Waals surface area contributed by atoms with E-state index in [0.29, 0.717) is 5.69 Å². The molecule has 5 nitrogen and oxygen atoms in total. The highest BCUT2D eigenvalue weighted by Gasteiger charge is 2.13. The number of fused-ring (bicyclic) bond motifs is 1. The van der Waals surface area contributed by atoms with Crippen LogP contribution in [0.2, 0.25) is 0 Å². The fraction of sp³-hybridized carbons (Fsp3) is 0.500. The molecule has 0 radical (unpaired) electrons. The van der Waals surface area contributed by atoms with Gasteiger partial charge in [0.25, 0.3) is 0 Å². The zero-order valence-electron chi connectivity index (χ0n) is 10.4. The molecule has 1 aromatic rings. The van der Waals surface area contributed by atoms with Crippen molar-refractivity contribution < 1.29 is 13.2 Å². The second-order valence-electron chi connectivity index (χ2n) is 4.32. The Morgan fingerprint density at radius 2 is 2.22 bits per heavy atom. The van der Waals surface area contributed by atoms with Crippen LogP contribution in [-0.2, 0) is 27.7 Å². The third kappa shape index (κ3) is 3.44. The maximum atomic E-state index is 11.7. The molecule has 0 spiro atoms. The Labute approximate surface area is 108 Å². The molecule has 0 amide bonds. The number of sulfonamides is 1. The topological polar surface area (TPSA) is 67.4 Å². The molecule has 0 saturated carbocycles. The van der Waals surface area contributed by atoms with Crippen LogP contribution < -0.4 is 10.0 Å². The monoisotopic (exact) mass is 270 g/mol. The number of nitrogens with one attached hydrogen (secondary N) is 2. The number of rotatable bonds is 5. The van der Waals surface area contributed by atoms with Gasteiger partial charge < -0.3 is 10.1 Å². The summed E-state index contributed by atoms with van der Waals surface area (Å²) in [7, 11) is -1.83. The predicted octanol–water partition coefficient (Wildman–Crippen LogP) is 0.720. The molecule has 0 unspecified atom stereocenters. The molecule has 100 valence electrons. The summed E-state index contributed by atoms with van der Waals surface area (Å²) >= 11 is 0. The Kier molecular flexibility index (Phi) is 4.21. The van der Waals surface area contributed by atoms with Gasteiger partial charge in [0.1, 0.15) is 0 Å². The van der Waals surface area contributed by atoms with Gasteiger partial charge in [-0.05, 0) is 36.2 Å². The van der Waals surface area contributed by atoms with Crippen LogP contribution in [0.25, 0.3) is 0 Å². The number of ether oxygens (including phenoxy) is 1. The molecule has 1 aliphatic heterocycles. The summed E-state index contributed by atoms with van der Waals surface area (Å²) in [4.78, 5) is 0. The van der Waals surface area contributed by atoms with Crippen LogP contribution in [-0.4, -0.2) is 34.4 Å². The minimum Gasteiger partial charge on any atom is -0.384 e. The molecule has 0 atom stereocenters. The molecular weight excluding hydrogens is 252 g/mol. The van der Waals surface area contributed by atoms with Crippen LogP contribution in [0.4, 0.5) is 5.69 Å². The lowest BCUT2D eigenvalue weighted by Gasteiger charge is -2.18. The van der Waals surface area contributed by atoms with Gasteiger partial charge in [0.15, 0.2) is 0 Å². The summed E-state index contributed by atoms with van der Waals surface area (Å²) in [5.74, 6) is -0.0289. The van der Waals surface area contributed by atoms with Crippen molar-refractivity contribution in [1.82, 2.24) is 5.32 Å². The molecule has 0 aliphatic carbocycles. The number of anilines is 1. The van der Waals surface area contributed by atoms with Gasteiger partial charge in [-0.15, -0.1) is 0 Å². The second kappa shape index (κ2) is 5.69. The van der Waals surface area contributed by atoms with Crippen LogP contribution >= 0.6 is 0 Å². The zero-order valence-corrected chi connectivity index (χ0v) is 11.2. The van der Waals surface area contributed by atoms with Crippen molar-refractivity contribution in [2.45, 2.75) is 13.0 Å². The minimum atomic E-state index is -3.32. The maximum absolute atomic E-state index is 11.7. The summed E-state index contributed by atoms with van der Waals surface area (Å²) in [6.45, 7) is 1.97. The van der Waals surface area contributed by atoms with Crippen molar-refractivity contribution in [3.63, 3.8) is 0 Å².